The van der Waals surface area contributed by atoms with Crippen molar-refractivity contribution < 1.29 is 177 Å². The third-order valence-corrected chi connectivity index (χ3v) is 25.7. The third kappa shape index (κ3) is 20.1. The summed E-state index contributed by atoms with van der Waals surface area (Å²) in [5, 5.41) is 83.0. The van der Waals surface area contributed by atoms with Crippen LogP contribution in [0.2, 0.25) is 0 Å². The zero-order valence-electron chi connectivity index (χ0n) is 73.3. The number of nitrogens with one attached hydrogen (secondary N) is 4. The number of benzene rings is 4. The summed E-state index contributed by atoms with van der Waals surface area (Å²) in [5.41, 5.74) is -2.50. The molecular weight excluding hydrogens is 1930 g/mol. The van der Waals surface area contributed by atoms with Crippen LogP contribution in [-0.4, -0.2) is 206 Å². The summed E-state index contributed by atoms with van der Waals surface area (Å²) in [6.45, 7) is -11.2. The number of aliphatic hydroxyl groups is 8. The van der Waals surface area contributed by atoms with Crippen molar-refractivity contribution in [2.75, 3.05) is 54.8 Å². The number of phosphoric acid groups is 4. The van der Waals surface area contributed by atoms with Crippen molar-refractivity contribution in [2.24, 2.45) is 0 Å². The molecule has 20 atom stereocenters. The van der Waals surface area contributed by atoms with Crippen LogP contribution >= 0.6 is 80.2 Å². The molecule has 4 aromatic heterocycles. The Morgan fingerprint density at radius 2 is 0.652 bits per heavy atom. The van der Waals surface area contributed by atoms with E-state index in [1.807, 2.05) is 0 Å². The molecule has 12 heterocycles. The van der Waals surface area contributed by atoms with Gasteiger partial charge in [0.05, 0.1) is 85.3 Å². The molecule has 0 spiro atoms. The van der Waals surface area contributed by atoms with Crippen LogP contribution in [0.1, 0.15) is 77.6 Å². The second kappa shape index (κ2) is 39.4. The molecule has 44 nitrogen and oxygen atoms in total. The Bertz CT molecular complexity index is 7030. The first-order valence-corrected chi connectivity index (χ1v) is 44.5. The standard InChI is InChI=1S/4C19H18FN2O9PS/c4*1-3-10-7-22(18(25)21-16(10)33)17-13(23)15(24)19(20,30-17)9-29-32(26)28-8-11-5-4-6-12(27-2)14(11)31-32/h4*1,4-7,13,15,17,23-24H,8-9H2,2H3,(H,21,25,33)/t4*13-,15+,17-,19-,32?/m1111/s1/i9D2,17D;17D;9D2;. The smallest absolute Gasteiger partial charge is 0.493 e. The summed E-state index contributed by atoms with van der Waals surface area (Å²) in [4.78, 5) is 58.0. The van der Waals surface area contributed by atoms with Crippen molar-refractivity contribution in [1.29, 1.82) is 0 Å². The highest BCUT2D eigenvalue weighted by molar-refractivity contribution is 7.72. The van der Waals surface area contributed by atoms with Gasteiger partial charge in [-0.2, -0.15) is 0 Å². The van der Waals surface area contributed by atoms with E-state index in [4.69, 9.17) is 175 Å². The van der Waals surface area contributed by atoms with E-state index >= 15 is 17.6 Å². The molecule has 4 fully saturated rings. The van der Waals surface area contributed by atoms with Crippen LogP contribution in [-0.2, 0) is 99.8 Å². The Labute approximate surface area is 768 Å². The summed E-state index contributed by atoms with van der Waals surface area (Å²) < 4.78 is 267. The minimum Gasteiger partial charge on any atom is -0.493 e. The number of halogens is 4. The van der Waals surface area contributed by atoms with Crippen LogP contribution in [0.25, 0.3) is 0 Å². The zero-order chi connectivity index (χ0) is 101. The van der Waals surface area contributed by atoms with Crippen LogP contribution in [0.4, 0.5) is 17.6 Å². The van der Waals surface area contributed by atoms with Crippen molar-refractivity contribution >= 4 is 80.2 Å². The number of methoxy groups -OCH3 is 4. The summed E-state index contributed by atoms with van der Waals surface area (Å²) >= 11 is 19.6. The van der Waals surface area contributed by atoms with Crippen molar-refractivity contribution in [3.8, 4) is 95.4 Å². The number of phosphoric ester groups is 4. The predicted molar refractivity (Wildman–Crippen MR) is 447 cm³/mol. The maximum absolute atomic E-state index is 16.0. The van der Waals surface area contributed by atoms with Crippen LogP contribution in [0.5, 0.6) is 46.0 Å². The number of aromatic amines is 4. The van der Waals surface area contributed by atoms with E-state index in [1.165, 1.54) is 52.7 Å². The molecule has 0 radical (unpaired) electrons. The normalized spacial score (nSPS) is 32.8. The van der Waals surface area contributed by atoms with E-state index in [9.17, 15) is 78.3 Å². The molecule has 0 saturated carbocycles. The molecule has 0 bridgehead atoms. The van der Waals surface area contributed by atoms with E-state index in [0.717, 1.165) is 29.4 Å². The first kappa shape index (κ1) is 90.9. The molecule has 8 aliphatic heterocycles. The molecule has 4 unspecified atom stereocenters. The summed E-state index contributed by atoms with van der Waals surface area (Å²) in [5.74, 6) is -4.99. The highest BCUT2D eigenvalue weighted by atomic mass is 32.1. The van der Waals surface area contributed by atoms with Crippen LogP contribution in [0.3, 0.4) is 0 Å². The number of terminal acetylenes is 4. The number of rotatable bonds is 20. The van der Waals surface area contributed by atoms with Gasteiger partial charge in [-0.25, -0.2) is 55.0 Å². The van der Waals surface area contributed by atoms with Gasteiger partial charge in [0, 0.05) is 47.0 Å². The maximum Gasteiger partial charge on any atom is 0.530 e. The van der Waals surface area contributed by atoms with Crippen LogP contribution in [0, 0.1) is 67.9 Å². The van der Waals surface area contributed by atoms with Crippen LogP contribution in [0.15, 0.2) is 117 Å². The van der Waals surface area contributed by atoms with Gasteiger partial charge in [-0.15, -0.1) is 25.7 Å². The largest absolute Gasteiger partial charge is 0.530 e. The fourth-order valence-electron chi connectivity index (χ4n) is 12.7. The maximum atomic E-state index is 16.0. The van der Waals surface area contributed by atoms with E-state index in [1.54, 1.807) is 48.5 Å². The van der Waals surface area contributed by atoms with Gasteiger partial charge in [-0.1, -0.05) is 121 Å². The summed E-state index contributed by atoms with van der Waals surface area (Å²) in [7, 11) is -13.2. The Morgan fingerprint density at radius 3 is 0.955 bits per heavy atom. The van der Waals surface area contributed by atoms with Gasteiger partial charge >= 0.3 is 54.0 Å². The summed E-state index contributed by atoms with van der Waals surface area (Å²) in [6, 6.07) is 18.9. The first-order valence-electron chi connectivity index (χ1n) is 40.0. The lowest BCUT2D eigenvalue weighted by Gasteiger charge is -2.28. The van der Waals surface area contributed by atoms with Crippen LogP contribution < -0.4 is 59.8 Å². The van der Waals surface area contributed by atoms with Gasteiger partial charge in [0.1, 0.15) is 93.7 Å². The summed E-state index contributed by atoms with van der Waals surface area (Å²) in [6.07, 6.45) is -3.88. The lowest BCUT2D eigenvalue weighted by Crippen LogP contribution is -2.43. The van der Waals surface area contributed by atoms with Gasteiger partial charge < -0.3 is 96.8 Å². The number of hydrogen-bond donors (Lipinski definition) is 12. The lowest BCUT2D eigenvalue weighted by atomic mass is 10.1. The monoisotopic (exact) mass is 2010 g/mol. The first-order chi connectivity index (χ1) is 64.6. The Kier molecular flexibility index (Phi) is 27.1. The van der Waals surface area contributed by atoms with Crippen molar-refractivity contribution in [2.45, 2.75) is 124 Å². The van der Waals surface area contributed by atoms with E-state index in [2.05, 4.69) is 43.6 Å². The number of aliphatic hydroxyl groups excluding tert-OH is 8. The molecule has 16 rings (SSSR count). The molecule has 56 heteroatoms. The number of aromatic nitrogens is 8. The molecular formula is C76H72F4N8O36P4S4. The second-order valence-corrected chi connectivity index (χ2v) is 35.6. The minimum absolute atomic E-state index is 0.0263. The second-order valence-electron chi connectivity index (χ2n) is 27.7. The molecule has 8 aromatic rings. The number of nitrogens with zero attached hydrogens (tertiary/aromatic N) is 4. The molecule has 8 aliphatic rings. The molecule has 4 saturated heterocycles. The number of hydrogen-bond acceptors (Lipinski definition) is 40. The Hall–Kier alpha value is -10.2. The van der Waals surface area contributed by atoms with Gasteiger partial charge in [0.15, 0.2) is 70.9 Å². The predicted octanol–water partition coefficient (Wildman–Crippen LogP) is 6.18. The molecule has 12 N–H and O–H groups in total. The molecule has 0 amide bonds. The van der Waals surface area contributed by atoms with Crippen molar-refractivity contribution in [3.63, 3.8) is 0 Å². The molecule has 132 heavy (non-hydrogen) atoms. The average Bonchev–Trinajstić information content (AvgIpc) is 1.56. The van der Waals surface area contributed by atoms with E-state index in [-0.39, 0.29) is 111 Å². The lowest BCUT2D eigenvalue weighted by molar-refractivity contribution is -0.205. The van der Waals surface area contributed by atoms with Crippen molar-refractivity contribution in [3.05, 3.63) is 203 Å². The fourth-order valence-corrected chi connectivity index (χ4v) is 18.2. The van der Waals surface area contributed by atoms with Gasteiger partial charge in [-0.3, -0.25) is 74.4 Å². The average molecular weight is 2010 g/mol. The van der Waals surface area contributed by atoms with Gasteiger partial charge in [-0.05, 0) is 24.3 Å². The number of para-hydroxylation sites is 4. The number of H-pyrrole nitrogens is 4. The Morgan fingerprint density at radius 1 is 0.409 bits per heavy atom. The highest BCUT2D eigenvalue weighted by Crippen LogP contribution is 2.62. The highest BCUT2D eigenvalue weighted by Gasteiger charge is 2.62. The SMILES string of the molecule is C#Cc1cn([C@@H]2O[C@](F)(COP3(=O)OCc4cccc(OC)c4O3)[C@@H](O)[C@H]2O)c(=O)[nH]c1=S.[2H]C([2H])(OP1(=O)OCc2cccc(OC)c2O1)[C@@]1(F)O[C@@H](n2cc(C#C)c(=S)[nH]c2=O)[C@H](O)[C@@H]1O.[2H]C([2H])(OP1(=O)OCc2cccc(OC)c2O1)[C@@]1(F)O[C@@]([2H])(n2cc(C#C)c(=S)[nH]c2=O)[C@H](O)[C@@H]1O.[2H][C@@]1(n2cc(C#C)c(=S)[nH]c2=O)O[C@](F)(COP2(=O)OCc3cccc(OC)c3O2)[C@@H](O)[C@H]1O. The quantitative estimate of drug-likeness (QED) is 0.0175. The fraction of sp³-hybridized carbons (Fsp3) is 0.368. The number of ether oxygens (including phenoxy) is 8. The number of alkyl halides is 4. The Balaban J connectivity index is 0.000000155. The van der Waals surface area contributed by atoms with Gasteiger partial charge in [0.25, 0.3) is 23.4 Å². The minimum atomic E-state index is -4.94. The number of fused-ring (bicyclic) bond motifs is 4. The molecule has 704 valence electrons. The van der Waals surface area contributed by atoms with Crippen molar-refractivity contribution in [1.82, 2.24) is 38.2 Å². The van der Waals surface area contributed by atoms with E-state index in [0.29, 0.717) is 31.4 Å². The molecule has 4 aromatic carbocycles. The van der Waals surface area contributed by atoms with Gasteiger partial charge in [0.2, 0.25) is 0 Å². The topological polar surface area (TPSA) is 566 Å². The molecule has 0 aliphatic carbocycles. The third-order valence-electron chi connectivity index (χ3n) is 19.5. The van der Waals surface area contributed by atoms with E-state index < -0.39 is 184 Å². The zero-order valence-corrected chi connectivity index (χ0v) is 74.1.